The third-order valence-electron chi connectivity index (χ3n) is 3.98. The quantitative estimate of drug-likeness (QED) is 0.552. The molecule has 24 heavy (non-hydrogen) atoms. The van der Waals surface area contributed by atoms with E-state index in [1.807, 2.05) is 36.0 Å². The second-order valence-corrected chi connectivity index (χ2v) is 5.42. The van der Waals surface area contributed by atoms with Gasteiger partial charge in [0, 0.05) is 35.9 Å². The van der Waals surface area contributed by atoms with Crippen molar-refractivity contribution in [1.82, 2.24) is 14.5 Å². The van der Waals surface area contributed by atoms with Gasteiger partial charge >= 0.3 is 0 Å². The number of nitrogens with zero attached hydrogens (tertiary/aromatic N) is 4. The number of pyridine rings is 2. The van der Waals surface area contributed by atoms with E-state index in [-0.39, 0.29) is 5.69 Å². The zero-order chi connectivity index (χ0) is 16.7. The van der Waals surface area contributed by atoms with Crippen molar-refractivity contribution in [3.05, 3.63) is 66.0 Å². The zero-order valence-electron chi connectivity index (χ0n) is 12.8. The number of rotatable bonds is 2. The summed E-state index contributed by atoms with van der Waals surface area (Å²) in [6, 6.07) is 10.1. The van der Waals surface area contributed by atoms with Gasteiger partial charge < -0.3 is 9.88 Å². The molecule has 5 nitrogen and oxygen atoms in total. The number of halogens is 1. The van der Waals surface area contributed by atoms with Crippen molar-refractivity contribution in [3.63, 3.8) is 0 Å². The first-order valence-electron chi connectivity index (χ1n) is 7.30. The molecule has 4 rings (SSSR count). The first kappa shape index (κ1) is 14.2. The molecule has 4 aromatic rings. The van der Waals surface area contributed by atoms with Crippen LogP contribution in [0.2, 0.25) is 0 Å². The van der Waals surface area contributed by atoms with Crippen molar-refractivity contribution in [2.45, 2.75) is 0 Å². The molecule has 0 spiro atoms. The second-order valence-electron chi connectivity index (χ2n) is 5.42. The van der Waals surface area contributed by atoms with Gasteiger partial charge in [0.15, 0.2) is 0 Å². The Kier molecular flexibility index (Phi) is 3.14. The summed E-state index contributed by atoms with van der Waals surface area (Å²) < 4.78 is 15.4. The molecule has 1 N–H and O–H groups in total. The number of nitrogens with one attached hydrogen (secondary N) is 1. The summed E-state index contributed by atoms with van der Waals surface area (Å²) in [4.78, 5) is 12.0. The first-order valence-corrected chi connectivity index (χ1v) is 7.30. The number of benzene rings is 1. The molecule has 1 aromatic carbocycles. The SMILES string of the molecule is [C-]#[N+]c1cc(Nc2ccc3c4cnccc4n(C)c3n2)ccc1F. The van der Waals surface area contributed by atoms with Gasteiger partial charge in [-0.3, -0.25) is 4.98 Å². The highest BCUT2D eigenvalue weighted by molar-refractivity contribution is 6.06. The summed E-state index contributed by atoms with van der Waals surface area (Å²) in [7, 11) is 1.95. The van der Waals surface area contributed by atoms with Crippen LogP contribution in [0.4, 0.5) is 21.6 Å². The molecule has 3 aromatic heterocycles. The molecule has 0 bridgehead atoms. The van der Waals surface area contributed by atoms with E-state index in [0.29, 0.717) is 11.5 Å². The van der Waals surface area contributed by atoms with Crippen LogP contribution in [0, 0.1) is 12.4 Å². The number of aryl methyl sites for hydroxylation is 1. The summed E-state index contributed by atoms with van der Waals surface area (Å²) in [5, 5.41) is 5.19. The van der Waals surface area contributed by atoms with Crippen LogP contribution in [0.15, 0.2) is 48.8 Å². The van der Waals surface area contributed by atoms with Crippen LogP contribution < -0.4 is 5.32 Å². The van der Waals surface area contributed by atoms with Gasteiger partial charge in [-0.15, -0.1) is 0 Å². The van der Waals surface area contributed by atoms with Crippen molar-refractivity contribution in [2.75, 3.05) is 5.32 Å². The molecule has 0 aliphatic heterocycles. The Labute approximate surface area is 137 Å². The molecule has 116 valence electrons. The smallest absolute Gasteiger partial charge is 0.224 e. The summed E-state index contributed by atoms with van der Waals surface area (Å²) in [6.07, 6.45) is 3.58. The third-order valence-corrected chi connectivity index (χ3v) is 3.98. The Hall–Kier alpha value is -3.46. The van der Waals surface area contributed by atoms with E-state index in [1.165, 1.54) is 12.1 Å². The van der Waals surface area contributed by atoms with Crippen LogP contribution in [0.3, 0.4) is 0 Å². The second kappa shape index (κ2) is 5.32. The molecule has 0 amide bonds. The summed E-state index contributed by atoms with van der Waals surface area (Å²) in [5.74, 6) is 0.101. The van der Waals surface area contributed by atoms with Crippen LogP contribution in [0.1, 0.15) is 0 Å². The van der Waals surface area contributed by atoms with Gasteiger partial charge in [-0.05, 0) is 36.4 Å². The third kappa shape index (κ3) is 2.15. The molecule has 0 unspecified atom stereocenters. The average molecular weight is 317 g/mol. The fraction of sp³-hybridized carbons (Fsp3) is 0.0556. The number of fused-ring (bicyclic) bond motifs is 3. The zero-order valence-corrected chi connectivity index (χ0v) is 12.8. The van der Waals surface area contributed by atoms with E-state index in [4.69, 9.17) is 6.57 Å². The molecule has 0 saturated heterocycles. The standard InChI is InChI=1S/C18H12FN5/c1-20-15-9-11(3-5-14(15)19)22-17-6-4-12-13-10-21-8-7-16(13)24(2)18(12)23-17/h3-10H,2H3,(H,22,23). The molecular formula is C18H12FN5. The van der Waals surface area contributed by atoms with Crippen LogP contribution >= 0.6 is 0 Å². The normalized spacial score (nSPS) is 10.9. The maximum absolute atomic E-state index is 13.4. The molecule has 6 heteroatoms. The van der Waals surface area contributed by atoms with E-state index in [9.17, 15) is 4.39 Å². The highest BCUT2D eigenvalue weighted by Crippen LogP contribution is 2.29. The van der Waals surface area contributed by atoms with Gasteiger partial charge in [0.1, 0.15) is 17.3 Å². The van der Waals surface area contributed by atoms with Crippen LogP contribution in [-0.4, -0.2) is 14.5 Å². The van der Waals surface area contributed by atoms with E-state index < -0.39 is 5.82 Å². The predicted octanol–water partition coefficient (Wildman–Crippen LogP) is 4.55. The fourth-order valence-corrected chi connectivity index (χ4v) is 2.81. The van der Waals surface area contributed by atoms with Crippen LogP contribution in [0.25, 0.3) is 26.8 Å². The van der Waals surface area contributed by atoms with Crippen molar-refractivity contribution in [3.8, 4) is 0 Å². The minimum absolute atomic E-state index is 0.0169. The van der Waals surface area contributed by atoms with Crippen LogP contribution in [-0.2, 0) is 7.05 Å². The molecule has 0 saturated carbocycles. The van der Waals surface area contributed by atoms with Gasteiger partial charge in [0.05, 0.1) is 12.1 Å². The van der Waals surface area contributed by atoms with Crippen molar-refractivity contribution < 1.29 is 4.39 Å². The molecule has 3 heterocycles. The predicted molar refractivity (Wildman–Crippen MR) is 92.0 cm³/mol. The van der Waals surface area contributed by atoms with E-state index in [0.717, 1.165) is 21.9 Å². The van der Waals surface area contributed by atoms with Gasteiger partial charge in [-0.1, -0.05) is 0 Å². The van der Waals surface area contributed by atoms with Crippen molar-refractivity contribution in [2.24, 2.45) is 7.05 Å². The minimum Gasteiger partial charge on any atom is -0.341 e. The van der Waals surface area contributed by atoms with Gasteiger partial charge in [0.2, 0.25) is 5.69 Å². The van der Waals surface area contributed by atoms with Crippen LogP contribution in [0.5, 0.6) is 0 Å². The topological polar surface area (TPSA) is 47.1 Å². The van der Waals surface area contributed by atoms with Gasteiger partial charge in [-0.25, -0.2) is 14.2 Å². The summed E-state index contributed by atoms with van der Waals surface area (Å²) in [6.45, 7) is 6.99. The maximum Gasteiger partial charge on any atom is 0.224 e. The molecule has 0 atom stereocenters. The Balaban J connectivity index is 1.80. The average Bonchev–Trinajstić information content (AvgIpc) is 2.89. The summed E-state index contributed by atoms with van der Waals surface area (Å²) in [5.41, 5.74) is 2.49. The number of anilines is 2. The van der Waals surface area contributed by atoms with Gasteiger partial charge in [-0.2, -0.15) is 0 Å². The highest BCUT2D eigenvalue weighted by Gasteiger charge is 2.10. The lowest BCUT2D eigenvalue weighted by molar-refractivity contribution is 0.634. The van der Waals surface area contributed by atoms with E-state index >= 15 is 0 Å². The first-order chi connectivity index (χ1) is 11.7. The lowest BCUT2D eigenvalue weighted by Gasteiger charge is -2.07. The number of hydrogen-bond donors (Lipinski definition) is 1. The fourth-order valence-electron chi connectivity index (χ4n) is 2.81. The Bertz CT molecular complexity index is 1120. The molecule has 0 aliphatic rings. The molecular weight excluding hydrogens is 305 g/mol. The number of aromatic nitrogens is 3. The van der Waals surface area contributed by atoms with E-state index in [2.05, 4.69) is 20.1 Å². The minimum atomic E-state index is -0.528. The molecule has 0 radical (unpaired) electrons. The molecule has 0 fully saturated rings. The Morgan fingerprint density at radius 1 is 1.17 bits per heavy atom. The lowest BCUT2D eigenvalue weighted by atomic mass is 10.2. The van der Waals surface area contributed by atoms with Gasteiger partial charge in [0.25, 0.3) is 0 Å². The lowest BCUT2D eigenvalue weighted by Crippen LogP contribution is -1.96. The monoisotopic (exact) mass is 317 g/mol. The Morgan fingerprint density at radius 2 is 2.04 bits per heavy atom. The molecule has 0 aliphatic carbocycles. The van der Waals surface area contributed by atoms with Crippen molar-refractivity contribution in [1.29, 1.82) is 0 Å². The highest BCUT2D eigenvalue weighted by atomic mass is 19.1. The van der Waals surface area contributed by atoms with E-state index in [1.54, 1.807) is 12.3 Å². The van der Waals surface area contributed by atoms with Crippen molar-refractivity contribution >= 4 is 39.1 Å². The maximum atomic E-state index is 13.4. The Morgan fingerprint density at radius 3 is 2.88 bits per heavy atom. The largest absolute Gasteiger partial charge is 0.341 e. The summed E-state index contributed by atoms with van der Waals surface area (Å²) >= 11 is 0. The number of hydrogen-bond acceptors (Lipinski definition) is 3.